The SMILES string of the molecule is Sc1ccc(Oc2ccc(Cl)cc2)cc1.[AlH3].[H-].[Li+]. The van der Waals surface area contributed by atoms with Gasteiger partial charge in [0.2, 0.25) is 0 Å². The number of hydrogen-bond donors (Lipinski definition) is 1. The van der Waals surface area contributed by atoms with Crippen LogP contribution in [-0.2, 0) is 0 Å². The third kappa shape index (κ3) is 5.45. The van der Waals surface area contributed by atoms with Crippen LogP contribution in [0, 0.1) is 0 Å². The Morgan fingerprint density at radius 3 is 1.76 bits per heavy atom. The summed E-state index contributed by atoms with van der Waals surface area (Å²) in [5.74, 6) is 1.56. The first-order valence-electron chi connectivity index (χ1n) is 4.46. The summed E-state index contributed by atoms with van der Waals surface area (Å²) in [6, 6.07) is 14.8. The average Bonchev–Trinajstić information content (AvgIpc) is 2.25. The quantitative estimate of drug-likeness (QED) is 0.614. The fraction of sp³-hybridized carbons (Fsp3) is 0. The van der Waals surface area contributed by atoms with Crippen LogP contribution in [0.5, 0.6) is 11.5 Å². The summed E-state index contributed by atoms with van der Waals surface area (Å²) in [5.41, 5.74) is 0. The smallest absolute Gasteiger partial charge is 1.00 e. The van der Waals surface area contributed by atoms with Gasteiger partial charge >= 0.3 is 18.9 Å². The number of hydrogen-bond acceptors (Lipinski definition) is 2. The Morgan fingerprint density at radius 2 is 1.29 bits per heavy atom. The monoisotopic (exact) mass is 274 g/mol. The van der Waals surface area contributed by atoms with Gasteiger partial charge in [0, 0.05) is 9.92 Å². The van der Waals surface area contributed by atoms with Crippen LogP contribution in [0.15, 0.2) is 53.4 Å². The molecule has 2 aromatic carbocycles. The van der Waals surface area contributed by atoms with E-state index in [4.69, 9.17) is 16.3 Å². The Hall–Kier alpha value is 0.00987. The van der Waals surface area contributed by atoms with E-state index in [1.165, 1.54) is 0 Å². The normalized spacial score (nSPS) is 8.82. The van der Waals surface area contributed by atoms with Crippen molar-refractivity contribution in [2.75, 3.05) is 0 Å². The molecule has 0 aliphatic heterocycles. The number of halogens is 1. The van der Waals surface area contributed by atoms with Crippen LogP contribution in [0.25, 0.3) is 0 Å². The van der Waals surface area contributed by atoms with E-state index in [0.29, 0.717) is 5.02 Å². The van der Waals surface area contributed by atoms with E-state index in [0.717, 1.165) is 16.4 Å². The summed E-state index contributed by atoms with van der Waals surface area (Å²) in [5, 5.41) is 0.702. The molecule has 17 heavy (non-hydrogen) atoms. The van der Waals surface area contributed by atoms with Gasteiger partial charge < -0.3 is 6.16 Å². The van der Waals surface area contributed by atoms with Crippen LogP contribution in [0.2, 0.25) is 5.02 Å². The van der Waals surface area contributed by atoms with E-state index in [-0.39, 0.29) is 37.6 Å². The van der Waals surface area contributed by atoms with E-state index in [1.54, 1.807) is 12.1 Å². The van der Waals surface area contributed by atoms with Crippen molar-refractivity contribution in [2.45, 2.75) is 4.90 Å². The van der Waals surface area contributed by atoms with Crippen molar-refractivity contribution in [1.82, 2.24) is 0 Å². The standard InChI is InChI=1S/C12H9ClOS.Al.Li.4H/c13-9-1-3-10(4-2-9)14-11-5-7-12(15)8-6-11;;;;;;/h1-8,15H;;;;;;/q;;+1;;;;-1. The maximum atomic E-state index is 5.77. The molecule has 0 spiro atoms. The second-order valence-electron chi connectivity index (χ2n) is 3.05. The summed E-state index contributed by atoms with van der Waals surface area (Å²) in [6.45, 7) is 0. The van der Waals surface area contributed by atoms with E-state index in [1.807, 2.05) is 36.4 Å². The Balaban J connectivity index is 0. The molecule has 0 saturated heterocycles. The number of benzene rings is 2. The van der Waals surface area contributed by atoms with Crippen LogP contribution < -0.4 is 23.6 Å². The van der Waals surface area contributed by atoms with Crippen molar-refractivity contribution in [3.05, 3.63) is 53.6 Å². The topological polar surface area (TPSA) is 9.23 Å². The zero-order valence-corrected chi connectivity index (χ0v) is 10.5. The second-order valence-corrected chi connectivity index (χ2v) is 4.00. The van der Waals surface area contributed by atoms with E-state index in [2.05, 4.69) is 12.6 Å². The van der Waals surface area contributed by atoms with Crippen molar-refractivity contribution in [1.29, 1.82) is 0 Å². The Kier molecular flexibility index (Phi) is 8.18. The fourth-order valence-corrected chi connectivity index (χ4v) is 1.43. The van der Waals surface area contributed by atoms with E-state index >= 15 is 0 Å². The first-order valence-corrected chi connectivity index (χ1v) is 5.29. The molecule has 1 nitrogen and oxygen atoms in total. The molecule has 0 unspecified atom stereocenters. The van der Waals surface area contributed by atoms with E-state index in [9.17, 15) is 0 Å². The van der Waals surface area contributed by atoms with Crippen LogP contribution in [0.4, 0.5) is 0 Å². The van der Waals surface area contributed by atoms with Gasteiger partial charge in [-0.1, -0.05) is 11.6 Å². The molecule has 84 valence electrons. The summed E-state index contributed by atoms with van der Waals surface area (Å²) >= 11 is 9.97. The molecular weight excluding hydrogens is 262 g/mol. The minimum atomic E-state index is 0. The molecule has 5 heteroatoms. The van der Waals surface area contributed by atoms with Crippen LogP contribution in [-0.4, -0.2) is 17.4 Å². The molecule has 0 aromatic heterocycles. The van der Waals surface area contributed by atoms with Gasteiger partial charge in [-0.15, -0.1) is 12.6 Å². The van der Waals surface area contributed by atoms with Gasteiger partial charge in [0.15, 0.2) is 17.4 Å². The molecule has 0 atom stereocenters. The van der Waals surface area contributed by atoms with Gasteiger partial charge in [0.05, 0.1) is 0 Å². The zero-order valence-electron chi connectivity index (χ0n) is 9.85. The van der Waals surface area contributed by atoms with Crippen molar-refractivity contribution >= 4 is 41.6 Å². The van der Waals surface area contributed by atoms with Crippen molar-refractivity contribution < 1.29 is 25.0 Å². The first kappa shape index (κ1) is 17.0. The molecule has 0 radical (unpaired) electrons. The molecular formula is C12H13AlClLiOS. The molecule has 0 aliphatic rings. The van der Waals surface area contributed by atoms with Crippen molar-refractivity contribution in [3.8, 4) is 11.5 Å². The number of thiol groups is 1. The predicted octanol–water partition coefficient (Wildman–Crippen LogP) is 0.354. The van der Waals surface area contributed by atoms with Gasteiger partial charge in [-0.25, -0.2) is 0 Å². The van der Waals surface area contributed by atoms with Gasteiger partial charge in [-0.3, -0.25) is 0 Å². The van der Waals surface area contributed by atoms with Crippen molar-refractivity contribution in [2.24, 2.45) is 0 Å². The van der Waals surface area contributed by atoms with Crippen LogP contribution in [0.3, 0.4) is 0 Å². The number of rotatable bonds is 2. The third-order valence-corrected chi connectivity index (χ3v) is 2.44. The Labute approximate surface area is 136 Å². The largest absolute Gasteiger partial charge is 1.00 e. The fourth-order valence-electron chi connectivity index (χ4n) is 1.15. The summed E-state index contributed by atoms with van der Waals surface area (Å²) in [4.78, 5) is 0.915. The molecule has 2 rings (SSSR count). The second kappa shape index (κ2) is 8.17. The van der Waals surface area contributed by atoms with Crippen LogP contribution in [0.1, 0.15) is 1.43 Å². The van der Waals surface area contributed by atoms with Crippen molar-refractivity contribution in [3.63, 3.8) is 0 Å². The van der Waals surface area contributed by atoms with Gasteiger partial charge in [0.25, 0.3) is 0 Å². The molecule has 0 heterocycles. The molecule has 0 N–H and O–H groups in total. The zero-order chi connectivity index (χ0) is 10.7. The maximum absolute atomic E-state index is 5.77. The minimum Gasteiger partial charge on any atom is -1.00 e. The molecule has 0 bridgehead atoms. The number of ether oxygens (including phenoxy) is 1. The molecule has 2 aromatic rings. The Bertz CT molecular complexity index is 409. The first-order chi connectivity index (χ1) is 7.24. The van der Waals surface area contributed by atoms with Crippen LogP contribution >= 0.6 is 24.2 Å². The van der Waals surface area contributed by atoms with Gasteiger partial charge in [0.1, 0.15) is 11.5 Å². The molecule has 0 fully saturated rings. The van der Waals surface area contributed by atoms with Gasteiger partial charge in [-0.05, 0) is 48.5 Å². The third-order valence-electron chi connectivity index (χ3n) is 1.89. The maximum Gasteiger partial charge on any atom is 1.00 e. The molecule has 0 aliphatic carbocycles. The summed E-state index contributed by atoms with van der Waals surface area (Å²) in [6.07, 6.45) is 0. The average molecular weight is 275 g/mol. The summed E-state index contributed by atoms with van der Waals surface area (Å²) < 4.78 is 5.60. The minimum absolute atomic E-state index is 0. The van der Waals surface area contributed by atoms with E-state index < -0.39 is 0 Å². The molecule has 0 saturated carbocycles. The Morgan fingerprint density at radius 1 is 0.882 bits per heavy atom. The summed E-state index contributed by atoms with van der Waals surface area (Å²) in [7, 11) is 0. The van der Waals surface area contributed by atoms with Gasteiger partial charge in [-0.2, -0.15) is 0 Å². The predicted molar refractivity (Wildman–Crippen MR) is 76.3 cm³/mol. The molecule has 0 amide bonds.